The fourth-order valence-corrected chi connectivity index (χ4v) is 2.87. The summed E-state index contributed by atoms with van der Waals surface area (Å²) < 4.78 is 1.77. The van der Waals surface area contributed by atoms with Crippen LogP contribution in [0.1, 0.15) is 30.5 Å². The number of hydrogen-bond donors (Lipinski definition) is 3. The quantitative estimate of drug-likeness (QED) is 0.800. The molecule has 7 nitrogen and oxygen atoms in total. The van der Waals surface area contributed by atoms with Gasteiger partial charge in [-0.15, -0.1) is 5.10 Å². The second-order valence-corrected chi connectivity index (χ2v) is 6.36. The van der Waals surface area contributed by atoms with Gasteiger partial charge in [0.25, 0.3) is 0 Å². The largest absolute Gasteiger partial charge is 0.354 e. The van der Waals surface area contributed by atoms with Crippen LogP contribution in [0, 0.1) is 13.8 Å². The Morgan fingerprint density at radius 3 is 2.76 bits per heavy atom. The lowest BCUT2D eigenvalue weighted by molar-refractivity contribution is -0.122. The number of amides is 3. The highest BCUT2D eigenvalue weighted by molar-refractivity contribution is 5.93. The van der Waals surface area contributed by atoms with E-state index in [1.54, 1.807) is 10.7 Å². The maximum Gasteiger partial charge on any atom is 0.321 e. The zero-order chi connectivity index (χ0) is 17.8. The van der Waals surface area contributed by atoms with Gasteiger partial charge in [0, 0.05) is 18.3 Å². The highest BCUT2D eigenvalue weighted by Gasteiger charge is 2.22. The van der Waals surface area contributed by atoms with Crippen molar-refractivity contribution in [3.8, 4) is 5.69 Å². The van der Waals surface area contributed by atoms with Crippen LogP contribution in [0.4, 0.5) is 10.6 Å². The van der Waals surface area contributed by atoms with Crippen LogP contribution in [0.5, 0.6) is 0 Å². The van der Waals surface area contributed by atoms with Crippen molar-refractivity contribution in [3.05, 3.63) is 41.6 Å². The number of carbonyl (C=O) groups is 2. The van der Waals surface area contributed by atoms with Crippen molar-refractivity contribution < 1.29 is 9.59 Å². The van der Waals surface area contributed by atoms with Gasteiger partial charge in [0.05, 0.1) is 5.69 Å². The normalized spacial score (nSPS) is 17.5. The molecule has 3 amide bonds. The zero-order valence-corrected chi connectivity index (χ0v) is 14.5. The van der Waals surface area contributed by atoms with Gasteiger partial charge in [-0.3, -0.25) is 10.1 Å². The van der Waals surface area contributed by atoms with E-state index in [0.717, 1.165) is 24.2 Å². The van der Waals surface area contributed by atoms with Gasteiger partial charge in [0.1, 0.15) is 6.04 Å². The van der Waals surface area contributed by atoms with Crippen LogP contribution in [-0.2, 0) is 4.79 Å². The molecule has 0 bridgehead atoms. The zero-order valence-electron chi connectivity index (χ0n) is 14.5. The van der Waals surface area contributed by atoms with E-state index in [9.17, 15) is 9.59 Å². The average molecular weight is 341 g/mol. The summed E-state index contributed by atoms with van der Waals surface area (Å²) in [6, 6.07) is 8.87. The molecule has 2 aromatic rings. The first kappa shape index (κ1) is 17.0. The lowest BCUT2D eigenvalue weighted by Crippen LogP contribution is -2.47. The SMILES string of the molecule is Cc1ccc(-n2nc(NC(=O)N[C@@H]3CCCCNC3=O)cc2C)cc1. The van der Waals surface area contributed by atoms with Gasteiger partial charge in [-0.1, -0.05) is 17.7 Å². The molecule has 1 aliphatic heterocycles. The molecule has 7 heteroatoms. The van der Waals surface area contributed by atoms with Crippen molar-refractivity contribution in [1.82, 2.24) is 20.4 Å². The molecule has 2 heterocycles. The Morgan fingerprint density at radius 1 is 1.24 bits per heavy atom. The summed E-state index contributed by atoms with van der Waals surface area (Å²) in [5.74, 6) is 0.318. The first-order valence-electron chi connectivity index (χ1n) is 8.52. The molecule has 3 N–H and O–H groups in total. The third-order valence-corrected chi connectivity index (χ3v) is 4.25. The van der Waals surface area contributed by atoms with Crippen molar-refractivity contribution in [2.45, 2.75) is 39.2 Å². The number of anilines is 1. The van der Waals surface area contributed by atoms with Crippen LogP contribution in [0.3, 0.4) is 0 Å². The number of aromatic nitrogens is 2. The van der Waals surface area contributed by atoms with Crippen LogP contribution in [0.15, 0.2) is 30.3 Å². The summed E-state index contributed by atoms with van der Waals surface area (Å²) in [6.45, 7) is 4.62. The van der Waals surface area contributed by atoms with Gasteiger partial charge in [0.2, 0.25) is 5.91 Å². The summed E-state index contributed by atoms with van der Waals surface area (Å²) in [6.07, 6.45) is 2.49. The molecule has 1 saturated heterocycles. The number of urea groups is 1. The molecule has 132 valence electrons. The molecule has 1 aromatic carbocycles. The molecule has 0 saturated carbocycles. The van der Waals surface area contributed by atoms with Crippen LogP contribution >= 0.6 is 0 Å². The van der Waals surface area contributed by atoms with Crippen LogP contribution < -0.4 is 16.0 Å². The van der Waals surface area contributed by atoms with E-state index in [1.807, 2.05) is 38.1 Å². The molecule has 1 fully saturated rings. The van der Waals surface area contributed by atoms with E-state index >= 15 is 0 Å². The predicted octanol–water partition coefficient (Wildman–Crippen LogP) is 2.28. The molecule has 0 radical (unpaired) electrons. The predicted molar refractivity (Wildman–Crippen MR) is 95.8 cm³/mol. The third kappa shape index (κ3) is 4.17. The van der Waals surface area contributed by atoms with E-state index in [1.165, 1.54) is 5.56 Å². The van der Waals surface area contributed by atoms with Gasteiger partial charge in [0.15, 0.2) is 5.82 Å². The lowest BCUT2D eigenvalue weighted by Gasteiger charge is -2.15. The average Bonchev–Trinajstić information content (AvgIpc) is 2.81. The molecule has 1 aliphatic rings. The Kier molecular flexibility index (Phi) is 5.02. The van der Waals surface area contributed by atoms with Crippen LogP contribution in [0.25, 0.3) is 5.69 Å². The van der Waals surface area contributed by atoms with E-state index in [2.05, 4.69) is 21.0 Å². The van der Waals surface area contributed by atoms with Gasteiger partial charge < -0.3 is 10.6 Å². The van der Waals surface area contributed by atoms with Gasteiger partial charge >= 0.3 is 6.03 Å². The number of aryl methyl sites for hydroxylation is 2. The molecular formula is C18H23N5O2. The molecule has 1 atom stereocenters. The first-order valence-corrected chi connectivity index (χ1v) is 8.52. The first-order chi connectivity index (χ1) is 12.0. The van der Waals surface area contributed by atoms with E-state index < -0.39 is 12.1 Å². The summed E-state index contributed by atoms with van der Waals surface area (Å²) >= 11 is 0. The molecule has 1 aromatic heterocycles. The van der Waals surface area contributed by atoms with Crippen molar-refractivity contribution in [2.75, 3.05) is 11.9 Å². The van der Waals surface area contributed by atoms with E-state index in [4.69, 9.17) is 0 Å². The number of carbonyl (C=O) groups excluding carboxylic acids is 2. The smallest absolute Gasteiger partial charge is 0.321 e. The second-order valence-electron chi connectivity index (χ2n) is 6.36. The summed E-state index contributed by atoms with van der Waals surface area (Å²) in [4.78, 5) is 24.1. The molecular weight excluding hydrogens is 318 g/mol. The second kappa shape index (κ2) is 7.38. The number of benzene rings is 1. The molecule has 0 spiro atoms. The Morgan fingerprint density at radius 2 is 2.00 bits per heavy atom. The minimum absolute atomic E-state index is 0.131. The third-order valence-electron chi connectivity index (χ3n) is 4.25. The van der Waals surface area contributed by atoms with E-state index in [0.29, 0.717) is 18.8 Å². The lowest BCUT2D eigenvalue weighted by atomic mass is 10.1. The number of nitrogens with one attached hydrogen (secondary N) is 3. The molecule has 3 rings (SSSR count). The highest BCUT2D eigenvalue weighted by Crippen LogP contribution is 2.16. The number of rotatable bonds is 3. The molecule has 0 unspecified atom stereocenters. The topological polar surface area (TPSA) is 88.1 Å². The Balaban J connectivity index is 1.66. The Hall–Kier alpha value is -2.83. The fourth-order valence-electron chi connectivity index (χ4n) is 2.87. The number of nitrogens with zero attached hydrogens (tertiary/aromatic N) is 2. The van der Waals surface area contributed by atoms with Crippen molar-refractivity contribution in [3.63, 3.8) is 0 Å². The van der Waals surface area contributed by atoms with E-state index in [-0.39, 0.29) is 5.91 Å². The highest BCUT2D eigenvalue weighted by atomic mass is 16.2. The van der Waals surface area contributed by atoms with Gasteiger partial charge in [-0.25, -0.2) is 9.48 Å². The maximum atomic E-state index is 12.2. The summed E-state index contributed by atoms with van der Waals surface area (Å²) in [7, 11) is 0. The molecule has 0 aliphatic carbocycles. The van der Waals surface area contributed by atoms with Crippen molar-refractivity contribution >= 4 is 17.8 Å². The molecule has 25 heavy (non-hydrogen) atoms. The Labute approximate surface area is 146 Å². The minimum atomic E-state index is -0.497. The van der Waals surface area contributed by atoms with Crippen LogP contribution in [-0.4, -0.2) is 34.3 Å². The monoisotopic (exact) mass is 341 g/mol. The minimum Gasteiger partial charge on any atom is -0.354 e. The van der Waals surface area contributed by atoms with Gasteiger partial charge in [-0.05, 0) is 45.2 Å². The van der Waals surface area contributed by atoms with Crippen molar-refractivity contribution in [2.24, 2.45) is 0 Å². The maximum absolute atomic E-state index is 12.2. The van der Waals surface area contributed by atoms with Crippen molar-refractivity contribution in [1.29, 1.82) is 0 Å². The standard InChI is InChI=1S/C18H23N5O2/c1-12-6-8-14(9-7-12)23-13(2)11-16(22-23)21-18(25)20-15-5-3-4-10-19-17(15)24/h6-9,11,15H,3-5,10H2,1-2H3,(H,19,24)(H2,20,21,22,25)/t15-/m1/s1. The summed E-state index contributed by atoms with van der Waals surface area (Å²) in [5, 5.41) is 12.7. The van der Waals surface area contributed by atoms with Crippen LogP contribution in [0.2, 0.25) is 0 Å². The Bertz CT molecular complexity index is 766. The number of hydrogen-bond acceptors (Lipinski definition) is 3. The fraction of sp³-hybridized carbons (Fsp3) is 0.389. The summed E-state index contributed by atoms with van der Waals surface area (Å²) in [5.41, 5.74) is 3.01. The van der Waals surface area contributed by atoms with Gasteiger partial charge in [-0.2, -0.15) is 0 Å².